The zero-order chi connectivity index (χ0) is 16.2. The van der Waals surface area contributed by atoms with Crippen LogP contribution in [-0.4, -0.2) is 49.4 Å². The summed E-state index contributed by atoms with van der Waals surface area (Å²) in [5.74, 6) is 0.551. The van der Waals surface area contributed by atoms with Crippen LogP contribution in [0, 0.1) is 17.2 Å². The zero-order valence-electron chi connectivity index (χ0n) is 13.9. The lowest BCUT2D eigenvalue weighted by atomic mass is 9.84. The van der Waals surface area contributed by atoms with Gasteiger partial charge >= 0.3 is 0 Å². The van der Waals surface area contributed by atoms with Gasteiger partial charge in [-0.2, -0.15) is 5.26 Å². The van der Waals surface area contributed by atoms with Gasteiger partial charge in [0, 0.05) is 55.5 Å². The molecule has 1 atom stereocenters. The molecule has 1 aromatic rings. The smallest absolute Gasteiger partial charge is 0.139 e. The minimum Gasteiger partial charge on any atom is -0.506 e. The fraction of sp³-hybridized carbons (Fsp3) is 0.588. The van der Waals surface area contributed by atoms with E-state index in [0.29, 0.717) is 11.5 Å². The summed E-state index contributed by atoms with van der Waals surface area (Å²) in [4.78, 5) is 2.44. The Morgan fingerprint density at radius 2 is 1.88 bits per heavy atom. The van der Waals surface area contributed by atoms with Crippen LogP contribution in [-0.2, 0) is 4.74 Å². The Labute approximate surface area is 169 Å². The fourth-order valence-corrected chi connectivity index (χ4v) is 4.22. The van der Waals surface area contributed by atoms with Crippen LogP contribution in [0.4, 0.5) is 0 Å². The van der Waals surface area contributed by atoms with Crippen molar-refractivity contribution in [1.82, 2.24) is 10.2 Å². The summed E-state index contributed by atoms with van der Waals surface area (Å²) in [7, 11) is 0. The van der Waals surface area contributed by atoms with Crippen molar-refractivity contribution in [2.24, 2.45) is 5.92 Å². The quantitative estimate of drug-likeness (QED) is 0.736. The molecule has 0 saturated carbocycles. The molecule has 25 heavy (non-hydrogen) atoms. The van der Waals surface area contributed by atoms with Crippen molar-refractivity contribution in [2.75, 3.05) is 39.4 Å². The average Bonchev–Trinajstić information content (AvgIpc) is 2.60. The lowest BCUT2D eigenvalue weighted by molar-refractivity contribution is 0.0204. The third kappa shape index (κ3) is 5.00. The van der Waals surface area contributed by atoms with E-state index < -0.39 is 0 Å². The van der Waals surface area contributed by atoms with Crippen molar-refractivity contribution in [1.29, 1.82) is 5.26 Å². The number of aromatic hydroxyl groups is 1. The van der Waals surface area contributed by atoms with Crippen LogP contribution in [0.25, 0.3) is 0 Å². The predicted molar refractivity (Wildman–Crippen MR) is 106 cm³/mol. The van der Waals surface area contributed by atoms with Crippen LogP contribution in [0.15, 0.2) is 16.6 Å². The predicted octanol–water partition coefficient (Wildman–Crippen LogP) is 3.24. The molecule has 0 radical (unpaired) electrons. The molecule has 0 aliphatic carbocycles. The number of ether oxygens (including phenoxy) is 1. The fourth-order valence-electron chi connectivity index (χ4n) is 3.66. The first-order chi connectivity index (χ1) is 11.2. The van der Waals surface area contributed by atoms with Crippen LogP contribution in [0.3, 0.4) is 0 Å². The number of rotatable bonds is 3. The number of nitrogens with zero attached hydrogens (tertiary/aromatic N) is 2. The molecule has 0 aromatic heterocycles. The number of nitriles is 1. The summed E-state index contributed by atoms with van der Waals surface area (Å²) >= 11 is 3.60. The SMILES string of the molecule is Cl.Cl.N#Cc1ccc(Br)c([C@H](C2CCOCC2)N2CCNCC2)c1O. The van der Waals surface area contributed by atoms with E-state index in [0.717, 1.165) is 62.3 Å². The summed E-state index contributed by atoms with van der Waals surface area (Å²) in [6, 6.07) is 5.76. The molecule has 0 spiro atoms. The number of nitrogens with one attached hydrogen (secondary N) is 1. The van der Waals surface area contributed by atoms with Gasteiger partial charge < -0.3 is 15.2 Å². The lowest BCUT2D eigenvalue weighted by Gasteiger charge is -2.41. The molecule has 2 aliphatic rings. The van der Waals surface area contributed by atoms with Crippen molar-refractivity contribution < 1.29 is 9.84 Å². The van der Waals surface area contributed by atoms with E-state index in [1.165, 1.54) is 0 Å². The zero-order valence-corrected chi connectivity index (χ0v) is 17.1. The Balaban J connectivity index is 0.00000156. The van der Waals surface area contributed by atoms with E-state index in [-0.39, 0.29) is 36.6 Å². The number of piperazine rings is 1. The first-order valence-electron chi connectivity index (χ1n) is 8.16. The number of hydrogen-bond acceptors (Lipinski definition) is 5. The number of hydrogen-bond donors (Lipinski definition) is 2. The molecular formula is C17H24BrCl2N3O2. The van der Waals surface area contributed by atoms with Gasteiger partial charge in [-0.25, -0.2) is 0 Å². The maximum absolute atomic E-state index is 10.7. The second-order valence-electron chi connectivity index (χ2n) is 6.15. The normalized spacial score (nSPS) is 20.0. The van der Waals surface area contributed by atoms with E-state index in [9.17, 15) is 10.4 Å². The minimum atomic E-state index is 0. The van der Waals surface area contributed by atoms with Crippen LogP contribution < -0.4 is 5.32 Å². The molecule has 8 heteroatoms. The molecule has 2 N–H and O–H groups in total. The molecule has 5 nitrogen and oxygen atoms in total. The van der Waals surface area contributed by atoms with Crippen LogP contribution in [0.2, 0.25) is 0 Å². The monoisotopic (exact) mass is 451 g/mol. The van der Waals surface area contributed by atoms with Crippen molar-refractivity contribution in [3.8, 4) is 11.8 Å². The first kappa shape index (κ1) is 22.5. The van der Waals surface area contributed by atoms with Crippen molar-refractivity contribution in [2.45, 2.75) is 18.9 Å². The molecule has 2 fully saturated rings. The second-order valence-corrected chi connectivity index (χ2v) is 7.00. The minimum absolute atomic E-state index is 0. The van der Waals surface area contributed by atoms with E-state index in [2.05, 4.69) is 32.2 Å². The maximum atomic E-state index is 10.7. The summed E-state index contributed by atoms with van der Waals surface area (Å²) in [6.45, 7) is 5.34. The van der Waals surface area contributed by atoms with Crippen LogP contribution >= 0.6 is 40.7 Å². The number of phenolic OH excluding ortho intramolecular Hbond substituents is 1. The van der Waals surface area contributed by atoms with Gasteiger partial charge in [-0.05, 0) is 30.9 Å². The van der Waals surface area contributed by atoms with Crippen molar-refractivity contribution in [3.05, 3.63) is 27.7 Å². The topological polar surface area (TPSA) is 68.5 Å². The van der Waals surface area contributed by atoms with E-state index in [1.807, 2.05) is 6.07 Å². The highest BCUT2D eigenvalue weighted by molar-refractivity contribution is 9.10. The number of halogens is 3. The first-order valence-corrected chi connectivity index (χ1v) is 8.95. The summed E-state index contributed by atoms with van der Waals surface area (Å²) < 4.78 is 6.40. The molecule has 3 rings (SSSR count). The molecule has 0 unspecified atom stereocenters. The van der Waals surface area contributed by atoms with Gasteiger partial charge in [0.25, 0.3) is 0 Å². The Morgan fingerprint density at radius 3 is 2.48 bits per heavy atom. The van der Waals surface area contributed by atoms with Gasteiger partial charge in [-0.15, -0.1) is 24.8 Å². The highest BCUT2D eigenvalue weighted by Crippen LogP contribution is 2.43. The molecule has 2 aliphatic heterocycles. The Morgan fingerprint density at radius 1 is 1.24 bits per heavy atom. The molecule has 0 amide bonds. The number of benzene rings is 1. The van der Waals surface area contributed by atoms with Crippen LogP contribution in [0.5, 0.6) is 5.75 Å². The van der Waals surface area contributed by atoms with Gasteiger partial charge in [0.1, 0.15) is 11.8 Å². The molecule has 0 bridgehead atoms. The van der Waals surface area contributed by atoms with Gasteiger partial charge in [-0.3, -0.25) is 4.90 Å². The Hall–Kier alpha value is -0.550. The highest BCUT2D eigenvalue weighted by atomic mass is 79.9. The lowest BCUT2D eigenvalue weighted by Crippen LogP contribution is -2.47. The Bertz CT molecular complexity index is 582. The molecular weight excluding hydrogens is 429 g/mol. The van der Waals surface area contributed by atoms with E-state index >= 15 is 0 Å². The number of phenols is 1. The third-order valence-corrected chi connectivity index (χ3v) is 5.53. The standard InChI is InChI=1S/C17H22BrN3O2.2ClH/c18-14-2-1-13(11-19)17(22)15(14)16(12-3-9-23-10-4-12)21-7-5-20-6-8-21;;/h1-2,12,16,20,22H,3-10H2;2*1H/t16-;;/m0../s1. The van der Waals surface area contributed by atoms with Gasteiger partial charge in [0.05, 0.1) is 5.56 Å². The van der Waals surface area contributed by atoms with Crippen LogP contribution in [0.1, 0.15) is 30.0 Å². The Kier molecular flexibility index (Phi) is 9.50. The molecule has 2 saturated heterocycles. The summed E-state index contributed by atoms with van der Waals surface area (Å²) in [5.41, 5.74) is 1.20. The second kappa shape index (κ2) is 10.6. The van der Waals surface area contributed by atoms with Gasteiger partial charge in [0.15, 0.2) is 0 Å². The summed E-state index contributed by atoms with van der Waals surface area (Å²) in [6.07, 6.45) is 1.97. The van der Waals surface area contributed by atoms with E-state index in [4.69, 9.17) is 4.74 Å². The molecule has 2 heterocycles. The van der Waals surface area contributed by atoms with Crippen molar-refractivity contribution >= 4 is 40.7 Å². The van der Waals surface area contributed by atoms with Gasteiger partial charge in [-0.1, -0.05) is 15.9 Å². The molecule has 140 valence electrons. The van der Waals surface area contributed by atoms with Gasteiger partial charge in [0.2, 0.25) is 0 Å². The van der Waals surface area contributed by atoms with E-state index in [1.54, 1.807) is 6.07 Å². The maximum Gasteiger partial charge on any atom is 0.139 e. The van der Waals surface area contributed by atoms with Crippen molar-refractivity contribution in [3.63, 3.8) is 0 Å². The average molecular weight is 453 g/mol. The molecule has 1 aromatic carbocycles. The highest BCUT2D eigenvalue weighted by Gasteiger charge is 2.34. The largest absolute Gasteiger partial charge is 0.506 e. The summed E-state index contributed by atoms with van der Waals surface area (Å²) in [5, 5.41) is 23.3. The third-order valence-electron chi connectivity index (χ3n) is 4.84.